The molecule has 23 heavy (non-hydrogen) atoms. The van der Waals surface area contributed by atoms with Gasteiger partial charge in [-0.2, -0.15) is 0 Å². The van der Waals surface area contributed by atoms with E-state index in [1.807, 2.05) is 18.7 Å². The largest absolute Gasteiger partial charge is 0.330 e. The zero-order valence-electron chi connectivity index (χ0n) is 14.2. The first kappa shape index (κ1) is 16.1. The maximum absolute atomic E-state index is 4.41. The van der Waals surface area contributed by atoms with Crippen molar-refractivity contribution in [2.75, 3.05) is 7.05 Å². The maximum atomic E-state index is 4.41. The average molecular weight is 313 g/mol. The fourth-order valence-electron chi connectivity index (χ4n) is 3.45. The Morgan fingerprint density at radius 2 is 2.00 bits per heavy atom. The molecule has 2 aromatic heterocycles. The van der Waals surface area contributed by atoms with E-state index in [1.54, 1.807) is 12.4 Å². The zero-order chi connectivity index (χ0) is 16.1. The third kappa shape index (κ3) is 4.16. The smallest absolute Gasteiger partial charge is 0.0951 e. The number of hydrogen-bond acceptors (Lipinski definition) is 4. The molecule has 1 saturated carbocycles. The van der Waals surface area contributed by atoms with Crippen LogP contribution in [-0.2, 0) is 13.0 Å². The molecule has 0 spiro atoms. The van der Waals surface area contributed by atoms with Gasteiger partial charge in [0.15, 0.2) is 0 Å². The summed E-state index contributed by atoms with van der Waals surface area (Å²) < 4.78 is 2.41. The van der Waals surface area contributed by atoms with Crippen molar-refractivity contribution in [2.45, 2.75) is 64.1 Å². The van der Waals surface area contributed by atoms with Crippen molar-refractivity contribution in [2.24, 2.45) is 0 Å². The molecule has 1 fully saturated rings. The SMILES string of the molecule is C[C@@H](Cc1cnccn1)N(C)Cc1cncn1C1CCCCC1. The molecule has 0 amide bonds. The lowest BCUT2D eigenvalue weighted by Crippen LogP contribution is -2.32. The minimum Gasteiger partial charge on any atom is -0.330 e. The predicted molar refractivity (Wildman–Crippen MR) is 91.0 cm³/mol. The van der Waals surface area contributed by atoms with E-state index in [-0.39, 0.29) is 0 Å². The van der Waals surface area contributed by atoms with E-state index in [0.717, 1.165) is 18.7 Å². The van der Waals surface area contributed by atoms with Crippen LogP contribution >= 0.6 is 0 Å². The van der Waals surface area contributed by atoms with E-state index in [0.29, 0.717) is 12.1 Å². The second-order valence-corrected chi connectivity index (χ2v) is 6.75. The van der Waals surface area contributed by atoms with Gasteiger partial charge < -0.3 is 4.57 Å². The Kier molecular flexibility index (Phi) is 5.39. The molecule has 0 N–H and O–H groups in total. The average Bonchev–Trinajstić information content (AvgIpc) is 3.04. The van der Waals surface area contributed by atoms with Gasteiger partial charge in [0.05, 0.1) is 17.7 Å². The Hall–Kier alpha value is -1.75. The van der Waals surface area contributed by atoms with Crippen molar-refractivity contribution in [3.8, 4) is 0 Å². The van der Waals surface area contributed by atoms with Gasteiger partial charge in [-0.15, -0.1) is 0 Å². The predicted octanol–water partition coefficient (Wildman–Crippen LogP) is 3.24. The highest BCUT2D eigenvalue weighted by Gasteiger charge is 2.19. The van der Waals surface area contributed by atoms with E-state index in [2.05, 4.69) is 38.4 Å². The molecule has 0 bridgehead atoms. The summed E-state index contributed by atoms with van der Waals surface area (Å²) in [7, 11) is 2.18. The molecule has 1 atom stereocenters. The first-order valence-corrected chi connectivity index (χ1v) is 8.70. The topological polar surface area (TPSA) is 46.8 Å². The summed E-state index contributed by atoms with van der Waals surface area (Å²) in [6, 6.07) is 1.06. The summed E-state index contributed by atoms with van der Waals surface area (Å²) in [5.41, 5.74) is 2.37. The van der Waals surface area contributed by atoms with Crippen LogP contribution in [0.5, 0.6) is 0 Å². The van der Waals surface area contributed by atoms with Gasteiger partial charge >= 0.3 is 0 Å². The monoisotopic (exact) mass is 313 g/mol. The summed E-state index contributed by atoms with van der Waals surface area (Å²) in [6.07, 6.45) is 17.0. The van der Waals surface area contributed by atoms with Crippen molar-refractivity contribution in [3.63, 3.8) is 0 Å². The standard InChI is InChI=1S/C18H27N5/c1-15(10-16-11-19-8-9-21-16)22(2)13-18-12-20-14-23(18)17-6-4-3-5-7-17/h8-9,11-12,14-15,17H,3-7,10,13H2,1-2H3/t15-/m0/s1. The number of hydrogen-bond donors (Lipinski definition) is 0. The third-order valence-corrected chi connectivity index (χ3v) is 5.00. The van der Waals surface area contributed by atoms with Gasteiger partial charge in [-0.05, 0) is 26.8 Å². The lowest BCUT2D eigenvalue weighted by Gasteiger charge is -2.28. The Labute approximate surface area is 138 Å². The van der Waals surface area contributed by atoms with Gasteiger partial charge in [-0.25, -0.2) is 4.98 Å². The van der Waals surface area contributed by atoms with Crippen molar-refractivity contribution in [3.05, 3.63) is 42.5 Å². The third-order valence-electron chi connectivity index (χ3n) is 5.00. The van der Waals surface area contributed by atoms with E-state index >= 15 is 0 Å². The fraction of sp³-hybridized carbons (Fsp3) is 0.611. The van der Waals surface area contributed by atoms with Gasteiger partial charge in [0.25, 0.3) is 0 Å². The molecule has 2 aromatic rings. The number of aromatic nitrogens is 4. The quantitative estimate of drug-likeness (QED) is 0.821. The Morgan fingerprint density at radius 1 is 1.17 bits per heavy atom. The Bertz CT molecular complexity index is 588. The summed E-state index contributed by atoms with van der Waals surface area (Å²) in [5.74, 6) is 0. The van der Waals surface area contributed by atoms with Gasteiger partial charge in [0.2, 0.25) is 0 Å². The molecule has 0 unspecified atom stereocenters. The second-order valence-electron chi connectivity index (χ2n) is 6.75. The van der Waals surface area contributed by atoms with Crippen LogP contribution in [0.3, 0.4) is 0 Å². The van der Waals surface area contributed by atoms with Crippen LogP contribution in [0.1, 0.15) is 56.5 Å². The van der Waals surface area contributed by atoms with Crippen LogP contribution in [0, 0.1) is 0 Å². The summed E-state index contributed by atoms with van der Waals surface area (Å²) in [5, 5.41) is 0. The molecule has 0 saturated heterocycles. The van der Waals surface area contributed by atoms with Gasteiger partial charge in [0.1, 0.15) is 0 Å². The minimum absolute atomic E-state index is 0.418. The van der Waals surface area contributed by atoms with Crippen molar-refractivity contribution < 1.29 is 0 Å². The molecule has 0 radical (unpaired) electrons. The number of nitrogens with zero attached hydrogens (tertiary/aromatic N) is 5. The van der Waals surface area contributed by atoms with Gasteiger partial charge in [-0.3, -0.25) is 14.9 Å². The van der Waals surface area contributed by atoms with Gasteiger partial charge in [-0.1, -0.05) is 19.3 Å². The fourth-order valence-corrected chi connectivity index (χ4v) is 3.45. The molecule has 5 heteroatoms. The Balaban J connectivity index is 1.61. The maximum Gasteiger partial charge on any atom is 0.0951 e. The number of imidazole rings is 1. The van der Waals surface area contributed by atoms with Crippen LogP contribution in [0.15, 0.2) is 31.1 Å². The van der Waals surface area contributed by atoms with Crippen LogP contribution in [0.2, 0.25) is 0 Å². The van der Waals surface area contributed by atoms with E-state index in [4.69, 9.17) is 0 Å². The first-order chi connectivity index (χ1) is 11.2. The zero-order valence-corrected chi connectivity index (χ0v) is 14.2. The lowest BCUT2D eigenvalue weighted by molar-refractivity contribution is 0.234. The molecule has 2 heterocycles. The molecule has 1 aliphatic rings. The lowest BCUT2D eigenvalue weighted by atomic mass is 9.95. The molecule has 0 aliphatic heterocycles. The van der Waals surface area contributed by atoms with Crippen molar-refractivity contribution in [1.82, 2.24) is 24.4 Å². The normalized spacial score (nSPS) is 17.5. The van der Waals surface area contributed by atoms with Crippen LogP contribution in [0.4, 0.5) is 0 Å². The molecule has 1 aliphatic carbocycles. The number of likely N-dealkylation sites (N-methyl/N-ethyl adjacent to an activating group) is 1. The van der Waals surface area contributed by atoms with Crippen LogP contribution in [0.25, 0.3) is 0 Å². The molecular formula is C18H27N5. The number of rotatable bonds is 6. The van der Waals surface area contributed by atoms with Crippen LogP contribution < -0.4 is 0 Å². The Morgan fingerprint density at radius 3 is 2.74 bits per heavy atom. The minimum atomic E-state index is 0.418. The molecule has 5 nitrogen and oxygen atoms in total. The molecular weight excluding hydrogens is 286 g/mol. The van der Waals surface area contributed by atoms with Gasteiger partial charge in [0, 0.05) is 49.8 Å². The van der Waals surface area contributed by atoms with Crippen molar-refractivity contribution >= 4 is 0 Å². The molecule has 0 aromatic carbocycles. The van der Waals surface area contributed by atoms with E-state index in [9.17, 15) is 0 Å². The molecule has 124 valence electrons. The highest BCUT2D eigenvalue weighted by atomic mass is 15.2. The highest BCUT2D eigenvalue weighted by molar-refractivity contribution is 5.02. The first-order valence-electron chi connectivity index (χ1n) is 8.70. The second kappa shape index (κ2) is 7.68. The van der Waals surface area contributed by atoms with Crippen molar-refractivity contribution in [1.29, 1.82) is 0 Å². The summed E-state index contributed by atoms with van der Waals surface area (Å²) in [6.45, 7) is 3.17. The molecule has 3 rings (SSSR count). The summed E-state index contributed by atoms with van der Waals surface area (Å²) >= 11 is 0. The van der Waals surface area contributed by atoms with E-state index in [1.165, 1.54) is 37.8 Å². The van der Waals surface area contributed by atoms with E-state index < -0.39 is 0 Å². The van der Waals surface area contributed by atoms with Crippen LogP contribution in [-0.4, -0.2) is 37.5 Å². The summed E-state index contributed by atoms with van der Waals surface area (Å²) in [4.78, 5) is 15.3. The highest BCUT2D eigenvalue weighted by Crippen LogP contribution is 2.29.